The summed E-state index contributed by atoms with van der Waals surface area (Å²) in [7, 11) is -2.26. The van der Waals surface area contributed by atoms with Crippen LogP contribution in [0, 0.1) is 0 Å². The molecule has 7 heteroatoms. The van der Waals surface area contributed by atoms with Crippen LogP contribution in [-0.4, -0.2) is 27.7 Å². The van der Waals surface area contributed by atoms with E-state index < -0.39 is 15.9 Å². The van der Waals surface area contributed by atoms with Crippen LogP contribution in [0.2, 0.25) is 0 Å². The van der Waals surface area contributed by atoms with E-state index >= 15 is 0 Å². The Morgan fingerprint density at radius 3 is 2.41 bits per heavy atom. The minimum absolute atomic E-state index is 0.200. The van der Waals surface area contributed by atoms with Gasteiger partial charge in [0, 0.05) is 13.0 Å². The quantitative estimate of drug-likeness (QED) is 0.801. The average Bonchev–Trinajstić information content (AvgIpc) is 2.18. The molecule has 0 atom stereocenters. The van der Waals surface area contributed by atoms with Gasteiger partial charge in [0.25, 0.3) is 0 Å². The van der Waals surface area contributed by atoms with E-state index in [1.54, 1.807) is 0 Å². The van der Waals surface area contributed by atoms with Crippen LogP contribution in [-0.2, 0) is 14.8 Å². The van der Waals surface area contributed by atoms with Crippen LogP contribution in [0.5, 0.6) is 5.75 Å². The summed E-state index contributed by atoms with van der Waals surface area (Å²) >= 11 is 0. The minimum Gasteiger partial charge on any atom is -0.495 e. The molecule has 0 saturated heterocycles. The Kier molecular flexibility index (Phi) is 3.62. The summed E-state index contributed by atoms with van der Waals surface area (Å²) < 4.78 is 28.6. The Labute approximate surface area is 100 Å². The van der Waals surface area contributed by atoms with Gasteiger partial charge in [0.05, 0.1) is 24.7 Å². The Hall–Kier alpha value is -1.76. The lowest BCUT2D eigenvalue weighted by atomic mass is 10.2. The topological polar surface area (TPSA) is 89.7 Å². The molecule has 0 radical (unpaired) electrons. The number of carbonyl (C=O) groups excluding carboxylic acids is 1. The lowest BCUT2D eigenvalue weighted by Gasteiger charge is -2.19. The molecule has 0 bridgehead atoms. The molecule has 0 aliphatic carbocycles. The van der Waals surface area contributed by atoms with E-state index in [2.05, 4.69) is 0 Å². The van der Waals surface area contributed by atoms with Crippen molar-refractivity contribution < 1.29 is 17.9 Å². The highest BCUT2D eigenvalue weighted by Gasteiger charge is 2.22. The minimum atomic E-state index is -3.67. The van der Waals surface area contributed by atoms with Gasteiger partial charge in [0.2, 0.25) is 15.9 Å². The number of sulfonamides is 1. The second-order valence-corrected chi connectivity index (χ2v) is 5.30. The van der Waals surface area contributed by atoms with Gasteiger partial charge in [0.1, 0.15) is 5.75 Å². The van der Waals surface area contributed by atoms with Crippen molar-refractivity contribution in [2.45, 2.75) is 6.92 Å². The Morgan fingerprint density at radius 2 is 2.00 bits per heavy atom. The predicted molar refractivity (Wildman–Crippen MR) is 65.4 cm³/mol. The third-order valence-corrected chi connectivity index (χ3v) is 3.20. The number of amides is 1. The number of hydrogen-bond donors (Lipinski definition) is 1. The van der Waals surface area contributed by atoms with Crippen molar-refractivity contribution in [1.82, 2.24) is 0 Å². The van der Waals surface area contributed by atoms with Gasteiger partial charge in [-0.3, -0.25) is 4.79 Å². The monoisotopic (exact) mass is 258 g/mol. The summed E-state index contributed by atoms with van der Waals surface area (Å²) in [5.41, 5.74) is 6.18. The van der Waals surface area contributed by atoms with E-state index in [1.165, 1.54) is 32.2 Å². The van der Waals surface area contributed by atoms with Crippen molar-refractivity contribution in [3.63, 3.8) is 0 Å². The van der Waals surface area contributed by atoms with Gasteiger partial charge >= 0.3 is 0 Å². The van der Waals surface area contributed by atoms with Crippen molar-refractivity contribution in [3.05, 3.63) is 18.2 Å². The van der Waals surface area contributed by atoms with Crippen LogP contribution < -0.4 is 14.8 Å². The molecule has 0 aromatic heterocycles. The summed E-state index contributed by atoms with van der Waals surface area (Å²) in [6.45, 7) is 1.17. The summed E-state index contributed by atoms with van der Waals surface area (Å²) in [5.74, 6) is -0.281. The molecular weight excluding hydrogens is 244 g/mol. The Balaban J connectivity index is 3.35. The summed E-state index contributed by atoms with van der Waals surface area (Å²) in [4.78, 5) is 11.4. The summed E-state index contributed by atoms with van der Waals surface area (Å²) in [6.07, 6.45) is 0.956. The third kappa shape index (κ3) is 2.88. The number of rotatable bonds is 3. The second-order valence-electron chi connectivity index (χ2n) is 3.47. The molecular formula is C10H14N2O4S. The van der Waals surface area contributed by atoms with Crippen LogP contribution in [0.3, 0.4) is 0 Å². The molecule has 94 valence electrons. The molecule has 0 aliphatic rings. The van der Waals surface area contributed by atoms with E-state index in [1.807, 2.05) is 0 Å². The van der Waals surface area contributed by atoms with E-state index in [4.69, 9.17) is 10.5 Å². The van der Waals surface area contributed by atoms with Gasteiger partial charge < -0.3 is 10.5 Å². The van der Waals surface area contributed by atoms with Crippen molar-refractivity contribution in [1.29, 1.82) is 0 Å². The number of methoxy groups -OCH3 is 1. The summed E-state index contributed by atoms with van der Waals surface area (Å²) in [6, 6.07) is 4.33. The number of benzene rings is 1. The van der Waals surface area contributed by atoms with Crippen molar-refractivity contribution >= 4 is 27.3 Å². The first-order chi connectivity index (χ1) is 7.77. The number of carbonyl (C=O) groups is 1. The Morgan fingerprint density at radius 1 is 1.41 bits per heavy atom. The van der Waals surface area contributed by atoms with E-state index in [9.17, 15) is 13.2 Å². The zero-order valence-electron chi connectivity index (χ0n) is 9.80. The first-order valence-corrected chi connectivity index (χ1v) is 6.56. The number of anilines is 2. The molecule has 0 saturated carbocycles. The second kappa shape index (κ2) is 4.62. The highest BCUT2D eigenvalue weighted by Crippen LogP contribution is 2.28. The number of hydrogen-bond acceptors (Lipinski definition) is 5. The van der Waals surface area contributed by atoms with Crippen LogP contribution >= 0.6 is 0 Å². The van der Waals surface area contributed by atoms with Crippen LogP contribution in [0.15, 0.2) is 18.2 Å². The molecule has 0 fully saturated rings. The third-order valence-electron chi connectivity index (χ3n) is 2.07. The highest BCUT2D eigenvalue weighted by atomic mass is 32.2. The highest BCUT2D eigenvalue weighted by molar-refractivity contribution is 7.92. The number of ether oxygens (including phenoxy) is 1. The van der Waals surface area contributed by atoms with Crippen LogP contribution in [0.1, 0.15) is 6.92 Å². The van der Waals surface area contributed by atoms with Gasteiger partial charge in [-0.1, -0.05) is 0 Å². The molecule has 1 aromatic rings. The molecule has 1 amide bonds. The fraction of sp³-hybridized carbons (Fsp3) is 0.300. The van der Waals surface area contributed by atoms with Gasteiger partial charge in [-0.05, 0) is 12.1 Å². The number of nitrogens with two attached hydrogens (primary N) is 1. The SMILES string of the molecule is COc1cc(N(C(C)=O)S(C)(=O)=O)ccc1N. The maximum Gasteiger partial charge on any atom is 0.238 e. The Bertz CT molecular complexity index is 539. The largest absolute Gasteiger partial charge is 0.495 e. The average molecular weight is 258 g/mol. The molecule has 17 heavy (non-hydrogen) atoms. The molecule has 1 rings (SSSR count). The normalized spacial score (nSPS) is 11.0. The lowest BCUT2D eigenvalue weighted by molar-refractivity contribution is -0.115. The maximum atomic E-state index is 11.5. The van der Waals surface area contributed by atoms with Gasteiger partial charge in [-0.2, -0.15) is 0 Å². The predicted octanol–water partition coefficient (Wildman–Crippen LogP) is 0.590. The first-order valence-electron chi connectivity index (χ1n) is 4.71. The van der Waals surface area contributed by atoms with Gasteiger partial charge in [0.15, 0.2) is 0 Å². The zero-order valence-corrected chi connectivity index (χ0v) is 10.6. The molecule has 0 aliphatic heterocycles. The zero-order chi connectivity index (χ0) is 13.2. The molecule has 6 nitrogen and oxygen atoms in total. The van der Waals surface area contributed by atoms with Crippen molar-refractivity contribution in [2.75, 3.05) is 23.4 Å². The smallest absolute Gasteiger partial charge is 0.238 e. The lowest BCUT2D eigenvalue weighted by Crippen LogP contribution is -2.34. The maximum absolute atomic E-state index is 11.5. The van der Waals surface area contributed by atoms with E-state index in [-0.39, 0.29) is 5.69 Å². The number of nitrogen functional groups attached to an aromatic ring is 1. The van der Waals surface area contributed by atoms with Gasteiger partial charge in [-0.15, -0.1) is 0 Å². The fourth-order valence-electron chi connectivity index (χ4n) is 1.43. The standard InChI is InChI=1S/C10H14N2O4S/c1-7(13)12(17(3,14)15)8-4-5-9(11)10(6-8)16-2/h4-6H,11H2,1-3H3. The van der Waals surface area contributed by atoms with Crippen LogP contribution in [0.4, 0.5) is 11.4 Å². The van der Waals surface area contributed by atoms with Crippen molar-refractivity contribution in [3.8, 4) is 5.75 Å². The van der Waals surface area contributed by atoms with Gasteiger partial charge in [-0.25, -0.2) is 12.7 Å². The summed E-state index contributed by atoms with van der Waals surface area (Å²) in [5, 5.41) is 0. The van der Waals surface area contributed by atoms with Crippen molar-refractivity contribution in [2.24, 2.45) is 0 Å². The molecule has 0 spiro atoms. The van der Waals surface area contributed by atoms with E-state index in [0.29, 0.717) is 15.7 Å². The molecule has 0 unspecified atom stereocenters. The molecule has 1 aromatic carbocycles. The molecule has 0 heterocycles. The van der Waals surface area contributed by atoms with E-state index in [0.717, 1.165) is 6.26 Å². The first kappa shape index (κ1) is 13.3. The van der Waals surface area contributed by atoms with Crippen LogP contribution in [0.25, 0.3) is 0 Å². The fourth-order valence-corrected chi connectivity index (χ4v) is 2.40. The molecule has 2 N–H and O–H groups in total. The number of nitrogens with zero attached hydrogens (tertiary/aromatic N) is 1.